The van der Waals surface area contributed by atoms with Crippen molar-refractivity contribution in [3.63, 3.8) is 0 Å². The van der Waals surface area contributed by atoms with E-state index in [9.17, 15) is 0 Å². The van der Waals surface area contributed by atoms with Crippen LogP contribution in [0.15, 0.2) is 0 Å². The minimum atomic E-state index is 1.04. The standard InChI is InChI=1S/C12H20/c1-7-3-9-5-11-8(2)10(4-7)12(11)6-9/h7-12H,3-6H2,1-2H3/t7?,8?,9?,10?,11-,12?/m1/s1. The SMILES string of the molecule is CC1CC2CC3C(C1)C(C)[C@H]3C2. The summed E-state index contributed by atoms with van der Waals surface area (Å²) in [4.78, 5) is 0. The molecule has 0 aliphatic heterocycles. The smallest absolute Gasteiger partial charge is 0.0349 e. The summed E-state index contributed by atoms with van der Waals surface area (Å²) in [6.07, 6.45) is 6.30. The van der Waals surface area contributed by atoms with Gasteiger partial charge in [0, 0.05) is 0 Å². The largest absolute Gasteiger partial charge is 0.0625 e. The second-order valence-electron chi connectivity index (χ2n) is 5.76. The number of rotatable bonds is 0. The molecule has 3 saturated carbocycles. The van der Waals surface area contributed by atoms with Crippen LogP contribution in [0.2, 0.25) is 0 Å². The first kappa shape index (κ1) is 7.41. The Kier molecular flexibility index (Phi) is 1.40. The molecule has 0 amide bonds. The van der Waals surface area contributed by atoms with E-state index in [1.165, 1.54) is 5.92 Å². The van der Waals surface area contributed by atoms with E-state index in [0.29, 0.717) is 0 Å². The lowest BCUT2D eigenvalue weighted by molar-refractivity contribution is -0.00199. The zero-order valence-corrected chi connectivity index (χ0v) is 8.29. The molecule has 0 heteroatoms. The van der Waals surface area contributed by atoms with Crippen LogP contribution in [0.5, 0.6) is 0 Å². The fourth-order valence-corrected chi connectivity index (χ4v) is 4.59. The summed E-state index contributed by atoms with van der Waals surface area (Å²) in [5.74, 6) is 6.72. The topological polar surface area (TPSA) is 0 Å². The monoisotopic (exact) mass is 164 g/mol. The van der Waals surface area contributed by atoms with E-state index >= 15 is 0 Å². The molecule has 3 aliphatic rings. The van der Waals surface area contributed by atoms with Gasteiger partial charge in [0.2, 0.25) is 0 Å². The van der Waals surface area contributed by atoms with Gasteiger partial charge in [0.25, 0.3) is 0 Å². The van der Waals surface area contributed by atoms with Crippen molar-refractivity contribution in [1.82, 2.24) is 0 Å². The molecule has 3 rings (SSSR count). The van der Waals surface area contributed by atoms with Gasteiger partial charge in [0.1, 0.15) is 0 Å². The molecule has 5 unspecified atom stereocenters. The Morgan fingerprint density at radius 2 is 1.42 bits per heavy atom. The molecule has 2 bridgehead atoms. The highest BCUT2D eigenvalue weighted by molar-refractivity contribution is 5.03. The summed E-state index contributed by atoms with van der Waals surface area (Å²) >= 11 is 0. The molecule has 0 saturated heterocycles. The first-order chi connectivity index (χ1) is 5.75. The molecule has 0 aromatic carbocycles. The highest BCUT2D eigenvalue weighted by Crippen LogP contribution is 2.62. The minimum Gasteiger partial charge on any atom is -0.0625 e. The van der Waals surface area contributed by atoms with Crippen molar-refractivity contribution in [2.75, 3.05) is 0 Å². The van der Waals surface area contributed by atoms with Crippen molar-refractivity contribution < 1.29 is 0 Å². The van der Waals surface area contributed by atoms with Crippen molar-refractivity contribution in [3.8, 4) is 0 Å². The quantitative estimate of drug-likeness (QED) is 0.515. The number of fused-ring (bicyclic) bond motifs is 1. The molecule has 0 N–H and O–H groups in total. The Balaban J connectivity index is 1.87. The fraction of sp³-hybridized carbons (Fsp3) is 1.00. The van der Waals surface area contributed by atoms with Crippen LogP contribution >= 0.6 is 0 Å². The fourth-order valence-electron chi connectivity index (χ4n) is 4.59. The van der Waals surface area contributed by atoms with E-state index < -0.39 is 0 Å². The molecule has 0 radical (unpaired) electrons. The van der Waals surface area contributed by atoms with E-state index in [2.05, 4.69) is 13.8 Å². The Morgan fingerprint density at radius 3 is 2.25 bits per heavy atom. The summed E-state index contributed by atoms with van der Waals surface area (Å²) in [6.45, 7) is 4.98. The maximum Gasteiger partial charge on any atom is -0.0349 e. The van der Waals surface area contributed by atoms with E-state index in [1.54, 1.807) is 25.7 Å². The van der Waals surface area contributed by atoms with Crippen LogP contribution in [-0.4, -0.2) is 0 Å². The lowest BCUT2D eigenvalue weighted by atomic mass is 9.56. The summed E-state index contributed by atoms with van der Waals surface area (Å²) in [6, 6.07) is 0. The van der Waals surface area contributed by atoms with Crippen LogP contribution in [0.4, 0.5) is 0 Å². The molecular weight excluding hydrogens is 144 g/mol. The van der Waals surface area contributed by atoms with Crippen molar-refractivity contribution in [2.45, 2.75) is 39.5 Å². The predicted molar refractivity (Wildman–Crippen MR) is 50.8 cm³/mol. The molecule has 68 valence electrons. The van der Waals surface area contributed by atoms with Crippen molar-refractivity contribution in [2.24, 2.45) is 35.5 Å². The van der Waals surface area contributed by atoms with Crippen molar-refractivity contribution >= 4 is 0 Å². The molecular formula is C12H20. The third-order valence-electron chi connectivity index (χ3n) is 5.07. The Hall–Kier alpha value is 0. The third-order valence-corrected chi connectivity index (χ3v) is 5.07. The lowest BCUT2D eigenvalue weighted by Gasteiger charge is -2.49. The van der Waals surface area contributed by atoms with Crippen molar-refractivity contribution in [1.29, 1.82) is 0 Å². The van der Waals surface area contributed by atoms with Gasteiger partial charge in [-0.1, -0.05) is 13.8 Å². The average molecular weight is 164 g/mol. The summed E-state index contributed by atoms with van der Waals surface area (Å²) in [7, 11) is 0. The van der Waals surface area contributed by atoms with Gasteiger partial charge in [0.15, 0.2) is 0 Å². The van der Waals surface area contributed by atoms with Gasteiger partial charge in [-0.05, 0) is 61.2 Å². The highest BCUT2D eigenvalue weighted by Gasteiger charge is 2.54. The molecule has 0 heterocycles. The van der Waals surface area contributed by atoms with Gasteiger partial charge < -0.3 is 0 Å². The Bertz CT molecular complexity index is 194. The first-order valence-corrected chi connectivity index (χ1v) is 5.75. The number of hydrogen-bond donors (Lipinski definition) is 0. The third kappa shape index (κ3) is 0.791. The molecule has 6 atom stereocenters. The van der Waals surface area contributed by atoms with Gasteiger partial charge in [-0.25, -0.2) is 0 Å². The van der Waals surface area contributed by atoms with Crippen LogP contribution in [0.1, 0.15) is 39.5 Å². The van der Waals surface area contributed by atoms with Gasteiger partial charge >= 0.3 is 0 Å². The number of hydrogen-bond acceptors (Lipinski definition) is 0. The molecule has 0 aromatic heterocycles. The van der Waals surface area contributed by atoms with E-state index in [-0.39, 0.29) is 0 Å². The molecule has 0 aromatic rings. The first-order valence-electron chi connectivity index (χ1n) is 5.75. The normalized spacial score (nSPS) is 62.5. The predicted octanol–water partition coefficient (Wildman–Crippen LogP) is 3.32. The second-order valence-corrected chi connectivity index (χ2v) is 5.76. The van der Waals surface area contributed by atoms with Gasteiger partial charge in [-0.15, -0.1) is 0 Å². The summed E-state index contributed by atoms with van der Waals surface area (Å²) in [5.41, 5.74) is 0. The average Bonchev–Trinajstić information content (AvgIpc) is 2.31. The molecule has 3 fully saturated rings. The maximum absolute atomic E-state index is 2.51. The minimum absolute atomic E-state index is 1.04. The van der Waals surface area contributed by atoms with Crippen LogP contribution in [0, 0.1) is 35.5 Å². The van der Waals surface area contributed by atoms with Crippen LogP contribution in [0.25, 0.3) is 0 Å². The highest BCUT2D eigenvalue weighted by atomic mass is 14.6. The zero-order chi connectivity index (χ0) is 8.29. The van der Waals surface area contributed by atoms with Crippen molar-refractivity contribution in [3.05, 3.63) is 0 Å². The van der Waals surface area contributed by atoms with Gasteiger partial charge in [0.05, 0.1) is 0 Å². The molecule has 0 spiro atoms. The lowest BCUT2D eigenvalue weighted by Crippen LogP contribution is -2.42. The van der Waals surface area contributed by atoms with E-state index in [1.807, 2.05) is 0 Å². The molecule has 12 heavy (non-hydrogen) atoms. The summed E-state index contributed by atoms with van der Waals surface area (Å²) in [5, 5.41) is 0. The summed E-state index contributed by atoms with van der Waals surface area (Å²) < 4.78 is 0. The second kappa shape index (κ2) is 2.27. The Labute approximate surface area is 75.7 Å². The zero-order valence-electron chi connectivity index (χ0n) is 8.29. The van der Waals surface area contributed by atoms with Crippen LogP contribution < -0.4 is 0 Å². The molecule has 3 aliphatic carbocycles. The van der Waals surface area contributed by atoms with Gasteiger partial charge in [-0.2, -0.15) is 0 Å². The maximum atomic E-state index is 2.51. The van der Waals surface area contributed by atoms with Gasteiger partial charge in [-0.3, -0.25) is 0 Å². The van der Waals surface area contributed by atoms with E-state index in [4.69, 9.17) is 0 Å². The van der Waals surface area contributed by atoms with Crippen LogP contribution in [0.3, 0.4) is 0 Å². The molecule has 0 nitrogen and oxygen atoms in total. The Morgan fingerprint density at radius 1 is 0.750 bits per heavy atom. The van der Waals surface area contributed by atoms with E-state index in [0.717, 1.165) is 29.6 Å². The van der Waals surface area contributed by atoms with Crippen LogP contribution in [-0.2, 0) is 0 Å².